The van der Waals surface area contributed by atoms with Gasteiger partial charge in [0.1, 0.15) is 5.60 Å². The fourth-order valence-electron chi connectivity index (χ4n) is 3.61. The van der Waals surface area contributed by atoms with E-state index in [1.54, 1.807) is 0 Å². The maximum Gasteiger partial charge on any atom is 0.170 e. The average Bonchev–Trinajstić information content (AvgIpc) is 2.63. The predicted octanol–water partition coefficient (Wildman–Crippen LogP) is 3.49. The summed E-state index contributed by atoms with van der Waals surface area (Å²) >= 11 is 0. The molecular formula is C21H25NO2. The Hall–Kier alpha value is -1.97. The highest BCUT2D eigenvalue weighted by molar-refractivity contribution is 5.99. The summed E-state index contributed by atoms with van der Waals surface area (Å²) in [6.07, 6.45) is 0.568. The largest absolute Gasteiger partial charge is 0.384 e. The van der Waals surface area contributed by atoms with Crippen molar-refractivity contribution in [3.05, 3.63) is 71.8 Å². The molecule has 0 aliphatic carbocycles. The van der Waals surface area contributed by atoms with Gasteiger partial charge < -0.3 is 5.11 Å². The minimum Gasteiger partial charge on any atom is -0.384 e. The second-order valence-corrected chi connectivity index (χ2v) is 6.91. The molecule has 1 saturated heterocycles. The van der Waals surface area contributed by atoms with Crippen molar-refractivity contribution in [3.8, 4) is 0 Å². The Labute approximate surface area is 143 Å². The smallest absolute Gasteiger partial charge is 0.170 e. The van der Waals surface area contributed by atoms with E-state index in [0.29, 0.717) is 24.6 Å². The molecule has 0 saturated carbocycles. The Balaban J connectivity index is 1.99. The third-order valence-corrected chi connectivity index (χ3v) is 5.15. The first-order chi connectivity index (χ1) is 11.5. The van der Waals surface area contributed by atoms with E-state index < -0.39 is 11.5 Å². The van der Waals surface area contributed by atoms with Gasteiger partial charge in [-0.15, -0.1) is 0 Å². The number of piperidine rings is 1. The Morgan fingerprint density at radius 1 is 1.08 bits per heavy atom. The van der Waals surface area contributed by atoms with Crippen LogP contribution in [0.4, 0.5) is 0 Å². The summed E-state index contributed by atoms with van der Waals surface area (Å²) in [4.78, 5) is 15.5. The molecule has 0 amide bonds. The van der Waals surface area contributed by atoms with Crippen molar-refractivity contribution in [2.75, 3.05) is 13.1 Å². The van der Waals surface area contributed by atoms with Crippen molar-refractivity contribution in [3.63, 3.8) is 0 Å². The Bertz CT molecular complexity index is 683. The first-order valence-electron chi connectivity index (χ1n) is 8.63. The van der Waals surface area contributed by atoms with Crippen LogP contribution in [0.1, 0.15) is 36.2 Å². The van der Waals surface area contributed by atoms with Crippen molar-refractivity contribution in [2.45, 2.75) is 31.9 Å². The Kier molecular flexibility index (Phi) is 4.83. The van der Waals surface area contributed by atoms with Gasteiger partial charge in [0, 0.05) is 24.7 Å². The first-order valence-corrected chi connectivity index (χ1v) is 8.63. The van der Waals surface area contributed by atoms with Gasteiger partial charge in [-0.05, 0) is 25.8 Å². The van der Waals surface area contributed by atoms with E-state index in [4.69, 9.17) is 0 Å². The van der Waals surface area contributed by atoms with Crippen LogP contribution in [0.25, 0.3) is 0 Å². The molecule has 3 nitrogen and oxygen atoms in total. The van der Waals surface area contributed by atoms with E-state index in [9.17, 15) is 9.90 Å². The van der Waals surface area contributed by atoms with Gasteiger partial charge in [-0.3, -0.25) is 9.69 Å². The molecule has 0 unspecified atom stereocenters. The van der Waals surface area contributed by atoms with E-state index in [0.717, 1.165) is 12.1 Å². The van der Waals surface area contributed by atoms with Gasteiger partial charge in [-0.25, -0.2) is 0 Å². The van der Waals surface area contributed by atoms with Crippen LogP contribution in [0.5, 0.6) is 0 Å². The molecule has 1 aliphatic heterocycles. The van der Waals surface area contributed by atoms with Crippen molar-refractivity contribution in [1.82, 2.24) is 4.90 Å². The van der Waals surface area contributed by atoms with Crippen LogP contribution in [0.2, 0.25) is 0 Å². The molecule has 3 rings (SSSR count). The van der Waals surface area contributed by atoms with E-state index >= 15 is 0 Å². The van der Waals surface area contributed by atoms with Gasteiger partial charge in [0.05, 0.1) is 5.92 Å². The topological polar surface area (TPSA) is 40.5 Å². The summed E-state index contributed by atoms with van der Waals surface area (Å²) < 4.78 is 0. The van der Waals surface area contributed by atoms with Crippen LogP contribution in [0.3, 0.4) is 0 Å². The molecule has 126 valence electrons. The van der Waals surface area contributed by atoms with E-state index in [1.807, 2.05) is 60.7 Å². The van der Waals surface area contributed by atoms with Crippen LogP contribution in [-0.4, -0.2) is 34.9 Å². The fraction of sp³-hybridized carbons (Fsp3) is 0.381. The molecule has 0 aromatic heterocycles. The van der Waals surface area contributed by atoms with Gasteiger partial charge in [-0.1, -0.05) is 60.7 Å². The van der Waals surface area contributed by atoms with Crippen molar-refractivity contribution >= 4 is 5.78 Å². The van der Waals surface area contributed by atoms with Gasteiger partial charge >= 0.3 is 0 Å². The Morgan fingerprint density at radius 3 is 2.25 bits per heavy atom. The van der Waals surface area contributed by atoms with Gasteiger partial charge in [-0.2, -0.15) is 0 Å². The van der Waals surface area contributed by atoms with E-state index in [-0.39, 0.29) is 5.78 Å². The summed E-state index contributed by atoms with van der Waals surface area (Å²) in [5.74, 6) is -0.439. The highest BCUT2D eigenvalue weighted by atomic mass is 16.3. The van der Waals surface area contributed by atoms with Gasteiger partial charge in [0.2, 0.25) is 0 Å². The lowest BCUT2D eigenvalue weighted by molar-refractivity contribution is -0.0696. The molecule has 2 atom stereocenters. The zero-order chi connectivity index (χ0) is 17.2. The van der Waals surface area contributed by atoms with Gasteiger partial charge in [0.25, 0.3) is 0 Å². The number of carbonyl (C=O) groups is 1. The molecular weight excluding hydrogens is 298 g/mol. The average molecular weight is 323 g/mol. The molecule has 0 radical (unpaired) electrons. The number of Topliss-reactive ketones (excluding diaryl/α,β-unsaturated/α-hetero) is 1. The zero-order valence-corrected chi connectivity index (χ0v) is 14.4. The Morgan fingerprint density at radius 2 is 1.67 bits per heavy atom. The van der Waals surface area contributed by atoms with Crippen LogP contribution in [0.15, 0.2) is 60.7 Å². The lowest BCUT2D eigenvalue weighted by atomic mass is 9.72. The quantitative estimate of drug-likeness (QED) is 0.876. The second-order valence-electron chi connectivity index (χ2n) is 6.91. The number of benzene rings is 2. The van der Waals surface area contributed by atoms with Gasteiger partial charge in [0.15, 0.2) is 5.78 Å². The maximum atomic E-state index is 13.2. The number of ketones is 1. The summed E-state index contributed by atoms with van der Waals surface area (Å²) in [6.45, 7) is 5.65. The molecule has 0 bridgehead atoms. The second kappa shape index (κ2) is 6.88. The number of hydrogen-bond donors (Lipinski definition) is 1. The number of likely N-dealkylation sites (tertiary alicyclic amines) is 1. The molecule has 1 N–H and O–H groups in total. The molecule has 1 heterocycles. The molecule has 24 heavy (non-hydrogen) atoms. The fourth-order valence-corrected chi connectivity index (χ4v) is 3.61. The molecule has 1 aliphatic rings. The number of aliphatic hydroxyl groups is 1. The summed E-state index contributed by atoms with van der Waals surface area (Å²) in [5.41, 5.74) is 0.393. The van der Waals surface area contributed by atoms with Crippen molar-refractivity contribution < 1.29 is 9.90 Å². The summed E-state index contributed by atoms with van der Waals surface area (Å²) in [5, 5.41) is 11.5. The van der Waals surface area contributed by atoms with Crippen LogP contribution < -0.4 is 0 Å². The minimum absolute atomic E-state index is 0.0207. The van der Waals surface area contributed by atoms with Crippen LogP contribution in [-0.2, 0) is 5.60 Å². The zero-order valence-electron chi connectivity index (χ0n) is 14.4. The molecule has 1 fully saturated rings. The number of hydrogen-bond acceptors (Lipinski definition) is 3. The SMILES string of the molecule is CC(C)N1CC[C@](O)(c2ccccc2)[C@@H](C(=O)c2ccccc2)C1. The predicted molar refractivity (Wildman–Crippen MR) is 95.9 cm³/mol. The van der Waals surface area contributed by atoms with E-state index in [1.165, 1.54) is 0 Å². The molecule has 3 heteroatoms. The lowest BCUT2D eigenvalue weighted by Gasteiger charge is -2.45. The normalized spacial score (nSPS) is 24.9. The monoisotopic (exact) mass is 323 g/mol. The minimum atomic E-state index is -1.11. The van der Waals surface area contributed by atoms with Crippen molar-refractivity contribution in [1.29, 1.82) is 0 Å². The third-order valence-electron chi connectivity index (χ3n) is 5.15. The van der Waals surface area contributed by atoms with E-state index in [2.05, 4.69) is 18.7 Å². The first kappa shape index (κ1) is 16.9. The summed E-state index contributed by atoms with van der Waals surface area (Å²) in [6, 6.07) is 19.3. The maximum absolute atomic E-state index is 13.2. The lowest BCUT2D eigenvalue weighted by Crippen LogP contribution is -2.54. The highest BCUT2D eigenvalue weighted by Crippen LogP contribution is 2.39. The summed E-state index contributed by atoms with van der Waals surface area (Å²) in [7, 11) is 0. The number of rotatable bonds is 4. The third kappa shape index (κ3) is 3.14. The van der Waals surface area contributed by atoms with Crippen LogP contribution in [0, 0.1) is 5.92 Å². The number of nitrogens with zero attached hydrogens (tertiary/aromatic N) is 1. The molecule has 0 spiro atoms. The highest BCUT2D eigenvalue weighted by Gasteiger charge is 2.47. The molecule has 2 aromatic carbocycles. The standard InChI is InChI=1S/C21H25NO2/c1-16(2)22-14-13-21(24,18-11-7-4-8-12-18)19(15-22)20(23)17-9-5-3-6-10-17/h3-12,16,19,24H,13-15H2,1-2H3/t19-,21+/m1/s1. The van der Waals surface area contributed by atoms with Crippen molar-refractivity contribution in [2.24, 2.45) is 5.92 Å². The van der Waals surface area contributed by atoms with Crippen LogP contribution >= 0.6 is 0 Å². The number of carbonyl (C=O) groups excluding carboxylic acids is 1. The molecule has 2 aromatic rings.